The van der Waals surface area contributed by atoms with Crippen LogP contribution >= 0.6 is 0 Å². The minimum atomic E-state index is -1.57. The molecule has 0 unspecified atom stereocenters. The molecule has 0 bridgehead atoms. The lowest BCUT2D eigenvalue weighted by Crippen LogP contribution is -2.27. The van der Waals surface area contributed by atoms with Crippen LogP contribution in [0.2, 0.25) is 0 Å². The molecule has 1 aromatic carbocycles. The minimum absolute atomic E-state index is 0.153. The molecule has 9 nitrogen and oxygen atoms in total. The quantitative estimate of drug-likeness (QED) is 0.361. The third-order valence-corrected chi connectivity index (χ3v) is 3.39. The molecular weight excluding hydrogens is 340 g/mol. The average Bonchev–Trinajstić information content (AvgIpc) is 2.53. The number of carboxylic acid groups (broad SMARTS) is 2. The van der Waals surface area contributed by atoms with Crippen LogP contribution in [0.15, 0.2) is 36.3 Å². The van der Waals surface area contributed by atoms with Crippen LogP contribution in [0.4, 0.5) is 11.5 Å². The summed E-state index contributed by atoms with van der Waals surface area (Å²) in [7, 11) is 0. The standard InChI is InChI=1S/C17H18N4O5/c1-17(2,3)16(26)21-9-4-5-10-12(6-9)19-8-20-13(10)18-7-11(14(22)23)15(24)25/h4-8H,1-3H3,(H,21,26)(H,22,23)(H,24,25)(H,18,19,20). The van der Waals surface area contributed by atoms with Crippen LogP contribution < -0.4 is 10.6 Å². The topological polar surface area (TPSA) is 142 Å². The molecule has 136 valence electrons. The van der Waals surface area contributed by atoms with E-state index in [9.17, 15) is 14.4 Å². The molecule has 0 saturated carbocycles. The van der Waals surface area contributed by atoms with Crippen molar-refractivity contribution in [2.24, 2.45) is 5.41 Å². The van der Waals surface area contributed by atoms with Crippen molar-refractivity contribution in [3.8, 4) is 0 Å². The van der Waals surface area contributed by atoms with Gasteiger partial charge in [0, 0.05) is 22.7 Å². The van der Waals surface area contributed by atoms with E-state index in [1.165, 1.54) is 6.33 Å². The fraction of sp³-hybridized carbons (Fsp3) is 0.235. The Kier molecular flexibility index (Phi) is 5.20. The predicted octanol–water partition coefficient (Wildman–Crippen LogP) is 2.08. The van der Waals surface area contributed by atoms with Gasteiger partial charge in [0.25, 0.3) is 0 Å². The second-order valence-electron chi connectivity index (χ2n) is 6.47. The Morgan fingerprint density at radius 1 is 1.08 bits per heavy atom. The summed E-state index contributed by atoms with van der Waals surface area (Å²) in [6.07, 6.45) is 2.09. The van der Waals surface area contributed by atoms with E-state index in [0.717, 1.165) is 6.20 Å². The molecule has 0 saturated heterocycles. The Balaban J connectivity index is 2.34. The number of carbonyl (C=O) groups is 3. The van der Waals surface area contributed by atoms with E-state index in [-0.39, 0.29) is 11.7 Å². The molecular formula is C17H18N4O5. The minimum Gasteiger partial charge on any atom is -0.477 e. The number of amides is 1. The molecule has 0 aliphatic heterocycles. The number of hydrogen-bond donors (Lipinski definition) is 4. The highest BCUT2D eigenvalue weighted by atomic mass is 16.4. The first-order valence-corrected chi connectivity index (χ1v) is 7.59. The maximum Gasteiger partial charge on any atom is 0.344 e. The summed E-state index contributed by atoms with van der Waals surface area (Å²) in [5.74, 6) is -3.06. The number of aliphatic carboxylic acids is 2. The predicted molar refractivity (Wildman–Crippen MR) is 94.6 cm³/mol. The number of carboxylic acids is 2. The number of nitrogens with zero attached hydrogens (tertiary/aromatic N) is 2. The van der Waals surface area contributed by atoms with Crippen molar-refractivity contribution in [1.82, 2.24) is 9.97 Å². The summed E-state index contributed by atoms with van der Waals surface area (Å²) in [6.45, 7) is 5.38. The zero-order chi connectivity index (χ0) is 19.5. The highest BCUT2D eigenvalue weighted by Gasteiger charge is 2.21. The molecule has 0 spiro atoms. The van der Waals surface area contributed by atoms with E-state index in [4.69, 9.17) is 10.2 Å². The molecule has 26 heavy (non-hydrogen) atoms. The van der Waals surface area contributed by atoms with Crippen LogP contribution in [0.5, 0.6) is 0 Å². The lowest BCUT2D eigenvalue weighted by atomic mass is 9.95. The Morgan fingerprint density at radius 3 is 2.31 bits per heavy atom. The van der Waals surface area contributed by atoms with Crippen LogP contribution in [0.25, 0.3) is 10.9 Å². The third-order valence-electron chi connectivity index (χ3n) is 3.39. The van der Waals surface area contributed by atoms with E-state index < -0.39 is 22.9 Å². The van der Waals surface area contributed by atoms with Gasteiger partial charge in [-0.3, -0.25) is 4.79 Å². The summed E-state index contributed by atoms with van der Waals surface area (Å²) in [5.41, 5.74) is -0.336. The Morgan fingerprint density at radius 2 is 1.73 bits per heavy atom. The van der Waals surface area contributed by atoms with Crippen molar-refractivity contribution in [3.05, 3.63) is 36.3 Å². The van der Waals surface area contributed by atoms with Gasteiger partial charge in [-0.2, -0.15) is 0 Å². The number of aromatic nitrogens is 2. The highest BCUT2D eigenvalue weighted by molar-refractivity contribution is 6.12. The second-order valence-corrected chi connectivity index (χ2v) is 6.47. The van der Waals surface area contributed by atoms with Crippen LogP contribution in [0, 0.1) is 5.41 Å². The van der Waals surface area contributed by atoms with E-state index >= 15 is 0 Å². The molecule has 0 radical (unpaired) electrons. The van der Waals surface area contributed by atoms with E-state index in [1.807, 2.05) is 0 Å². The summed E-state index contributed by atoms with van der Waals surface area (Å²) in [4.78, 5) is 42.0. The van der Waals surface area contributed by atoms with Crippen molar-refractivity contribution < 1.29 is 24.6 Å². The van der Waals surface area contributed by atoms with Gasteiger partial charge in [-0.25, -0.2) is 19.6 Å². The molecule has 1 aromatic heterocycles. The van der Waals surface area contributed by atoms with Gasteiger partial charge in [0.15, 0.2) is 5.57 Å². The highest BCUT2D eigenvalue weighted by Crippen LogP contribution is 2.24. The first-order valence-electron chi connectivity index (χ1n) is 7.59. The number of nitrogens with one attached hydrogen (secondary N) is 2. The second kappa shape index (κ2) is 7.18. The lowest BCUT2D eigenvalue weighted by Gasteiger charge is -2.17. The fourth-order valence-corrected chi connectivity index (χ4v) is 1.92. The number of benzene rings is 1. The van der Waals surface area contributed by atoms with Gasteiger partial charge in [0.1, 0.15) is 12.1 Å². The average molecular weight is 358 g/mol. The molecule has 0 aliphatic carbocycles. The monoisotopic (exact) mass is 358 g/mol. The zero-order valence-electron chi connectivity index (χ0n) is 14.4. The van der Waals surface area contributed by atoms with E-state index in [1.54, 1.807) is 39.0 Å². The first kappa shape index (κ1) is 18.8. The Bertz CT molecular complexity index is 899. The smallest absolute Gasteiger partial charge is 0.344 e. The third kappa shape index (κ3) is 4.32. The number of rotatable bonds is 5. The van der Waals surface area contributed by atoms with Gasteiger partial charge in [-0.15, -0.1) is 0 Å². The summed E-state index contributed by atoms with van der Waals surface area (Å²) in [5, 5.41) is 23.6. The maximum absolute atomic E-state index is 12.1. The molecule has 1 amide bonds. The molecule has 4 N–H and O–H groups in total. The van der Waals surface area contributed by atoms with E-state index in [0.29, 0.717) is 16.6 Å². The lowest BCUT2D eigenvalue weighted by molar-refractivity contribution is -0.140. The van der Waals surface area contributed by atoms with Crippen LogP contribution in [-0.2, 0) is 14.4 Å². The number of carbonyl (C=O) groups excluding carboxylic acids is 1. The van der Waals surface area contributed by atoms with Crippen molar-refractivity contribution in [1.29, 1.82) is 0 Å². The van der Waals surface area contributed by atoms with Crippen LogP contribution in [0.1, 0.15) is 20.8 Å². The molecule has 0 atom stereocenters. The van der Waals surface area contributed by atoms with Crippen molar-refractivity contribution in [3.63, 3.8) is 0 Å². The normalized spacial score (nSPS) is 10.9. The summed E-state index contributed by atoms with van der Waals surface area (Å²) < 4.78 is 0. The van der Waals surface area contributed by atoms with E-state index in [2.05, 4.69) is 20.6 Å². The van der Waals surface area contributed by atoms with Crippen molar-refractivity contribution in [2.45, 2.75) is 20.8 Å². The molecule has 2 rings (SSSR count). The molecule has 2 aromatic rings. The molecule has 9 heteroatoms. The van der Waals surface area contributed by atoms with Gasteiger partial charge < -0.3 is 20.8 Å². The molecule has 1 heterocycles. The van der Waals surface area contributed by atoms with Crippen LogP contribution in [-0.4, -0.2) is 38.0 Å². The maximum atomic E-state index is 12.1. The summed E-state index contributed by atoms with van der Waals surface area (Å²) >= 11 is 0. The van der Waals surface area contributed by atoms with Crippen molar-refractivity contribution in [2.75, 3.05) is 10.6 Å². The molecule has 0 fully saturated rings. The Hall–Kier alpha value is -3.49. The van der Waals surface area contributed by atoms with Gasteiger partial charge in [0.2, 0.25) is 5.91 Å². The fourth-order valence-electron chi connectivity index (χ4n) is 1.92. The first-order chi connectivity index (χ1) is 12.1. The van der Waals surface area contributed by atoms with Gasteiger partial charge in [0.05, 0.1) is 5.52 Å². The van der Waals surface area contributed by atoms with Gasteiger partial charge in [-0.05, 0) is 18.2 Å². The van der Waals surface area contributed by atoms with Gasteiger partial charge >= 0.3 is 11.9 Å². The van der Waals surface area contributed by atoms with Crippen LogP contribution in [0.3, 0.4) is 0 Å². The SMILES string of the molecule is CC(C)(C)C(=O)Nc1ccc2c(NC=C(C(=O)O)C(=O)O)ncnc2c1. The molecule has 0 aliphatic rings. The zero-order valence-corrected chi connectivity index (χ0v) is 14.4. The van der Waals surface area contributed by atoms with Gasteiger partial charge in [-0.1, -0.05) is 20.8 Å². The number of fused-ring (bicyclic) bond motifs is 1. The largest absolute Gasteiger partial charge is 0.477 e. The summed E-state index contributed by atoms with van der Waals surface area (Å²) in [6, 6.07) is 4.94. The Labute approximate surface area is 148 Å². The number of hydrogen-bond acceptors (Lipinski definition) is 6. The number of anilines is 2. The van der Waals surface area contributed by atoms with Crippen molar-refractivity contribution >= 4 is 40.3 Å².